The molecule has 2 aromatic carbocycles. The molecule has 0 aliphatic carbocycles. The second-order valence-electron chi connectivity index (χ2n) is 15.9. The number of rotatable bonds is 23. The molecular formula is C41H63N3O7SeSi. The van der Waals surface area contributed by atoms with E-state index in [2.05, 4.69) is 93.8 Å². The first-order valence-corrected chi connectivity index (χ1v) is 24.6. The zero-order valence-corrected chi connectivity index (χ0v) is 36.3. The van der Waals surface area contributed by atoms with Crippen molar-refractivity contribution in [2.45, 2.75) is 116 Å². The number of unbranched alkanes of at least 4 members (excludes halogenated alkanes) is 1. The number of carbonyl (C=O) groups excluding carboxylic acids is 1. The SMILES string of the molecule is COCOc1cc(OCCCCN=[N+]=[N-])cc(C(CCC2OC(C)(C)OC2C(C)/C=C\[C@@H](C)C(C)C)[Se]c2ccccc2)c1C(=O)OCC[Si](C)(C)C. The second kappa shape index (κ2) is 21.9. The van der Waals surface area contributed by atoms with Crippen LogP contribution in [0, 0.1) is 17.8 Å². The summed E-state index contributed by atoms with van der Waals surface area (Å²) in [4.78, 5) is 17.0. The summed E-state index contributed by atoms with van der Waals surface area (Å²) >= 11 is -0.0796. The summed E-state index contributed by atoms with van der Waals surface area (Å²) in [6.45, 7) is 20.8. The summed E-state index contributed by atoms with van der Waals surface area (Å²) in [5.74, 6) is 1.03. The van der Waals surface area contributed by atoms with Crippen LogP contribution in [-0.4, -0.2) is 80.7 Å². The van der Waals surface area contributed by atoms with Gasteiger partial charge in [-0.3, -0.25) is 0 Å². The molecule has 2 aromatic rings. The monoisotopic (exact) mass is 817 g/mol. The van der Waals surface area contributed by atoms with Gasteiger partial charge < -0.3 is 5.53 Å². The molecule has 294 valence electrons. The number of methoxy groups -OCH3 is 1. The third-order valence-corrected chi connectivity index (χ3v) is 13.8. The fraction of sp³-hybridized carbons (Fsp3) is 0.634. The van der Waals surface area contributed by atoms with Crippen LogP contribution in [0.2, 0.25) is 25.7 Å². The maximum atomic E-state index is 14.2. The summed E-state index contributed by atoms with van der Waals surface area (Å²) < 4.78 is 38.1. The Hall–Kier alpha value is -2.82. The third kappa shape index (κ3) is 15.4. The van der Waals surface area contributed by atoms with Crippen LogP contribution in [0.25, 0.3) is 10.4 Å². The fourth-order valence-corrected chi connectivity index (χ4v) is 9.17. The van der Waals surface area contributed by atoms with Gasteiger partial charge in [0.1, 0.15) is 0 Å². The van der Waals surface area contributed by atoms with Crippen molar-refractivity contribution in [3.63, 3.8) is 0 Å². The van der Waals surface area contributed by atoms with Gasteiger partial charge in [-0.25, -0.2) is 0 Å². The van der Waals surface area contributed by atoms with Crippen LogP contribution in [0.1, 0.15) is 88.0 Å². The zero-order valence-electron chi connectivity index (χ0n) is 33.6. The first kappa shape index (κ1) is 44.6. The molecule has 4 unspecified atom stereocenters. The average molecular weight is 817 g/mol. The second-order valence-corrected chi connectivity index (χ2v) is 24.2. The number of esters is 1. The quantitative estimate of drug-likeness (QED) is 0.0160. The van der Waals surface area contributed by atoms with Crippen molar-refractivity contribution in [2.75, 3.05) is 33.7 Å². The first-order valence-electron chi connectivity index (χ1n) is 19.0. The van der Waals surface area contributed by atoms with Crippen LogP contribution in [0.3, 0.4) is 0 Å². The van der Waals surface area contributed by atoms with Crippen molar-refractivity contribution in [1.82, 2.24) is 0 Å². The summed E-state index contributed by atoms with van der Waals surface area (Å²) in [6.07, 6.45) is 7.20. The minimum absolute atomic E-state index is 0.0381. The van der Waals surface area contributed by atoms with Gasteiger partial charge in [0, 0.05) is 0 Å². The molecular weight excluding hydrogens is 754 g/mol. The summed E-state index contributed by atoms with van der Waals surface area (Å²) in [7, 11) is 0.0966. The van der Waals surface area contributed by atoms with Crippen molar-refractivity contribution < 1.29 is 33.2 Å². The van der Waals surface area contributed by atoms with Gasteiger partial charge in [-0.2, -0.15) is 0 Å². The van der Waals surface area contributed by atoms with Crippen LogP contribution < -0.4 is 13.9 Å². The minimum atomic E-state index is -1.46. The van der Waals surface area contributed by atoms with Crippen molar-refractivity contribution in [3.05, 3.63) is 76.2 Å². The molecule has 12 heteroatoms. The van der Waals surface area contributed by atoms with Crippen molar-refractivity contribution in [2.24, 2.45) is 22.9 Å². The molecule has 0 aromatic heterocycles. The molecule has 1 fully saturated rings. The van der Waals surface area contributed by atoms with Crippen molar-refractivity contribution in [3.8, 4) is 11.5 Å². The van der Waals surface area contributed by atoms with E-state index in [4.69, 9.17) is 34.0 Å². The molecule has 10 nitrogen and oxygen atoms in total. The fourth-order valence-electron chi connectivity index (χ4n) is 5.92. The molecule has 0 amide bonds. The predicted octanol–water partition coefficient (Wildman–Crippen LogP) is 9.49. The Kier molecular flexibility index (Phi) is 18.4. The van der Waals surface area contributed by atoms with E-state index < -0.39 is 19.8 Å². The normalized spacial score (nSPS) is 18.8. The third-order valence-electron chi connectivity index (χ3n) is 9.30. The number of hydrogen-bond donors (Lipinski definition) is 0. The van der Waals surface area contributed by atoms with Gasteiger partial charge in [0.15, 0.2) is 0 Å². The number of benzene rings is 2. The van der Waals surface area contributed by atoms with Gasteiger partial charge >= 0.3 is 321 Å². The van der Waals surface area contributed by atoms with Crippen LogP contribution in [-0.2, 0) is 18.9 Å². The molecule has 0 radical (unpaired) electrons. The summed E-state index contributed by atoms with van der Waals surface area (Å²) in [5, 5.41) is 3.64. The Morgan fingerprint density at radius 3 is 2.43 bits per heavy atom. The Morgan fingerprint density at radius 2 is 1.77 bits per heavy atom. The topological polar surface area (TPSA) is 121 Å². The molecule has 0 saturated carbocycles. The molecule has 53 heavy (non-hydrogen) atoms. The number of azide groups is 1. The molecule has 1 heterocycles. The van der Waals surface area contributed by atoms with E-state index in [1.807, 2.05) is 26.0 Å². The van der Waals surface area contributed by atoms with Crippen LogP contribution >= 0.6 is 0 Å². The number of ether oxygens (including phenoxy) is 6. The first-order chi connectivity index (χ1) is 25.1. The Morgan fingerprint density at radius 1 is 1.04 bits per heavy atom. The van der Waals surface area contributed by atoms with Gasteiger partial charge in [0.25, 0.3) is 0 Å². The number of nitrogens with zero attached hydrogens (tertiary/aromatic N) is 3. The molecule has 1 aliphatic rings. The molecule has 1 aliphatic heterocycles. The summed E-state index contributed by atoms with van der Waals surface area (Å²) in [6, 6.07) is 15.0. The predicted molar refractivity (Wildman–Crippen MR) is 216 cm³/mol. The maximum absolute atomic E-state index is 14.2. The number of carbonyl (C=O) groups is 1. The Bertz CT molecular complexity index is 1490. The van der Waals surface area contributed by atoms with Crippen molar-refractivity contribution in [1.29, 1.82) is 0 Å². The van der Waals surface area contributed by atoms with Gasteiger partial charge in [-0.15, -0.1) is 0 Å². The summed E-state index contributed by atoms with van der Waals surface area (Å²) in [5.41, 5.74) is 9.89. The van der Waals surface area contributed by atoms with E-state index in [0.717, 1.165) is 24.4 Å². The van der Waals surface area contributed by atoms with E-state index in [1.54, 1.807) is 13.2 Å². The van der Waals surface area contributed by atoms with Gasteiger partial charge in [-0.05, 0) is 0 Å². The van der Waals surface area contributed by atoms with Gasteiger partial charge in [-0.1, -0.05) is 0 Å². The van der Waals surface area contributed by atoms with Crippen molar-refractivity contribution >= 4 is 33.5 Å². The number of allylic oxidation sites excluding steroid dienone is 1. The standard InChI is InChI=1S/C41H63N3O7SeSi/c1-29(2)30(3)18-19-31(4)39-35(50-41(5,6)51-39)20-21-37(52-33-16-12-11-13-17-33)34-26-32(47-23-15-14-22-43-44-42)27-36(49-28-46-7)38(34)40(45)48-24-25-53(8,9)10/h11-13,16-19,26-27,29-31,35,37,39H,14-15,20-25,28H2,1-10H3/b19-18-/t30-,31?,35?,37?,39?/m1/s1. The van der Waals surface area contributed by atoms with Gasteiger partial charge in [0.05, 0.1) is 0 Å². The Labute approximate surface area is 325 Å². The zero-order chi connectivity index (χ0) is 39.0. The van der Waals surface area contributed by atoms with Crippen LogP contribution in [0.5, 0.6) is 11.5 Å². The molecule has 3 rings (SSSR count). The van der Waals surface area contributed by atoms with E-state index >= 15 is 0 Å². The van der Waals surface area contributed by atoms with Crippen LogP contribution in [0.15, 0.2) is 59.7 Å². The van der Waals surface area contributed by atoms with Gasteiger partial charge in [0.2, 0.25) is 0 Å². The van der Waals surface area contributed by atoms with Crippen LogP contribution in [0.4, 0.5) is 0 Å². The van der Waals surface area contributed by atoms with E-state index in [9.17, 15) is 4.79 Å². The number of hydrogen-bond acceptors (Lipinski definition) is 8. The Balaban J connectivity index is 2.06. The van der Waals surface area contributed by atoms with E-state index in [0.29, 0.717) is 61.5 Å². The van der Waals surface area contributed by atoms with E-state index in [1.165, 1.54) is 4.46 Å². The molecule has 1 saturated heterocycles. The average Bonchev–Trinajstić information content (AvgIpc) is 3.42. The molecule has 0 N–H and O–H groups in total. The van der Waals surface area contributed by atoms with E-state index in [-0.39, 0.29) is 44.7 Å². The molecule has 0 bridgehead atoms. The molecule has 0 spiro atoms. The molecule has 5 atom stereocenters.